The fourth-order valence-corrected chi connectivity index (χ4v) is 1.78. The molecule has 0 fully saturated rings. The maximum Gasteiger partial charge on any atom is 0.419 e. The molecule has 1 rings (SSSR count). The van der Waals surface area contributed by atoms with Gasteiger partial charge in [-0.2, -0.15) is 13.2 Å². The zero-order valence-electron chi connectivity index (χ0n) is 7.82. The number of halogens is 3. The van der Waals surface area contributed by atoms with Gasteiger partial charge < -0.3 is 0 Å². The van der Waals surface area contributed by atoms with Crippen LogP contribution >= 0.6 is 0 Å². The van der Waals surface area contributed by atoms with Gasteiger partial charge in [0.1, 0.15) is 6.67 Å². The number of alkyl halides is 3. The lowest BCUT2D eigenvalue weighted by Crippen LogP contribution is -2.32. The van der Waals surface area contributed by atoms with Gasteiger partial charge >= 0.3 is 6.18 Å². The van der Waals surface area contributed by atoms with E-state index >= 15 is 0 Å². The van der Waals surface area contributed by atoms with Crippen LogP contribution in [0.2, 0.25) is 0 Å². The summed E-state index contributed by atoms with van der Waals surface area (Å²) in [7, 11) is -3.67. The predicted octanol–water partition coefficient (Wildman–Crippen LogP) is 1.13. The fourth-order valence-electron chi connectivity index (χ4n) is 0.929. The second kappa shape index (κ2) is 3.84. The molecule has 0 radical (unpaired) electrons. The molecule has 15 heavy (non-hydrogen) atoms. The van der Waals surface area contributed by atoms with Gasteiger partial charge in [0.2, 0.25) is 10.0 Å². The van der Waals surface area contributed by atoms with E-state index < -0.39 is 21.8 Å². The number of hydrogen-bond donors (Lipinski definition) is 0. The molecule has 0 spiro atoms. The highest BCUT2D eigenvalue weighted by atomic mass is 32.2. The van der Waals surface area contributed by atoms with Crippen LogP contribution in [0.4, 0.5) is 13.2 Å². The fraction of sp³-hybridized carbons (Fsp3) is 0.571. The van der Waals surface area contributed by atoms with Crippen LogP contribution in [-0.2, 0) is 10.0 Å². The summed E-state index contributed by atoms with van der Waals surface area (Å²) < 4.78 is 59.8. The molecule has 1 aliphatic rings. The van der Waals surface area contributed by atoms with Gasteiger partial charge in [0.05, 0.1) is 11.3 Å². The molecule has 0 aliphatic carbocycles. The number of hydrogen-bond acceptors (Lipinski definition) is 3. The Balaban J connectivity index is 3.01. The summed E-state index contributed by atoms with van der Waals surface area (Å²) >= 11 is 0. The smallest absolute Gasteiger partial charge is 0.270 e. The molecule has 0 aromatic carbocycles. The lowest BCUT2D eigenvalue weighted by atomic mass is 10.3. The van der Waals surface area contributed by atoms with Crippen molar-refractivity contribution in [2.45, 2.75) is 13.1 Å². The summed E-state index contributed by atoms with van der Waals surface area (Å²) in [6.07, 6.45) is -3.39. The molecule has 0 aromatic rings. The standard InChI is InChI=1S/C7H9F3N2O2S/c1-2-15(13,14)12-4-6(3-11-5-12)7(8,9)10/h3-4H,2,5H2,1H3. The van der Waals surface area contributed by atoms with Crippen molar-refractivity contribution in [3.8, 4) is 0 Å². The van der Waals surface area contributed by atoms with Crippen molar-refractivity contribution in [2.24, 2.45) is 4.99 Å². The first-order valence-corrected chi connectivity index (χ1v) is 5.66. The van der Waals surface area contributed by atoms with Gasteiger partial charge in [-0.25, -0.2) is 8.42 Å². The van der Waals surface area contributed by atoms with Crippen LogP contribution in [0.15, 0.2) is 16.8 Å². The molecule has 0 aromatic heterocycles. The van der Waals surface area contributed by atoms with Gasteiger partial charge in [-0.15, -0.1) is 0 Å². The number of allylic oxidation sites excluding steroid dienone is 1. The molecule has 1 aliphatic heterocycles. The predicted molar refractivity (Wildman–Crippen MR) is 48.8 cm³/mol. The summed E-state index contributed by atoms with van der Waals surface area (Å²) in [4.78, 5) is 3.35. The Morgan fingerprint density at radius 1 is 1.53 bits per heavy atom. The van der Waals surface area contributed by atoms with Crippen molar-refractivity contribution in [2.75, 3.05) is 12.4 Å². The Morgan fingerprint density at radius 2 is 2.13 bits per heavy atom. The largest absolute Gasteiger partial charge is 0.419 e. The van der Waals surface area contributed by atoms with Crippen LogP contribution in [0, 0.1) is 0 Å². The number of aliphatic imine (C=N–C) groups is 1. The number of rotatable bonds is 2. The zero-order chi connectivity index (χ0) is 11.7. The Hall–Kier alpha value is -1.05. The van der Waals surface area contributed by atoms with E-state index in [1.54, 1.807) is 0 Å². The Labute approximate surface area is 85.1 Å². The minimum atomic E-state index is -4.58. The lowest BCUT2D eigenvalue weighted by Gasteiger charge is -2.22. The molecule has 0 saturated carbocycles. The van der Waals surface area contributed by atoms with Crippen molar-refractivity contribution in [1.82, 2.24) is 4.31 Å². The third kappa shape index (κ3) is 2.71. The molecular weight excluding hydrogens is 233 g/mol. The lowest BCUT2D eigenvalue weighted by molar-refractivity contribution is -0.0865. The third-order valence-corrected chi connectivity index (χ3v) is 3.45. The Morgan fingerprint density at radius 3 is 2.60 bits per heavy atom. The summed E-state index contributed by atoms with van der Waals surface area (Å²) in [6, 6.07) is 0. The van der Waals surface area contributed by atoms with Gasteiger partial charge in [-0.1, -0.05) is 0 Å². The first kappa shape index (κ1) is 12.0. The van der Waals surface area contributed by atoms with Crippen LogP contribution in [0.3, 0.4) is 0 Å². The SMILES string of the molecule is CCS(=O)(=O)N1C=C(C(F)(F)F)C=NC1. The minimum Gasteiger partial charge on any atom is -0.270 e. The minimum absolute atomic E-state index is 0.260. The summed E-state index contributed by atoms with van der Waals surface area (Å²) in [5.41, 5.74) is -1.06. The first-order valence-electron chi connectivity index (χ1n) is 4.05. The van der Waals surface area contributed by atoms with Gasteiger partial charge in [-0.05, 0) is 6.92 Å². The Kier molecular flexibility index (Phi) is 3.08. The molecule has 1 heterocycles. The van der Waals surface area contributed by atoms with E-state index in [4.69, 9.17) is 0 Å². The molecule has 0 bridgehead atoms. The van der Waals surface area contributed by atoms with Gasteiger partial charge in [0, 0.05) is 12.4 Å². The van der Waals surface area contributed by atoms with Crippen molar-refractivity contribution in [3.05, 3.63) is 11.8 Å². The van der Waals surface area contributed by atoms with Gasteiger partial charge in [0.15, 0.2) is 0 Å². The molecule has 0 unspecified atom stereocenters. The van der Waals surface area contributed by atoms with E-state index in [2.05, 4.69) is 4.99 Å². The molecule has 0 atom stereocenters. The maximum absolute atomic E-state index is 12.2. The summed E-state index contributed by atoms with van der Waals surface area (Å²) in [5, 5.41) is 0. The zero-order valence-corrected chi connectivity index (χ0v) is 8.64. The highest BCUT2D eigenvalue weighted by Gasteiger charge is 2.35. The third-order valence-electron chi connectivity index (χ3n) is 1.78. The van der Waals surface area contributed by atoms with Crippen molar-refractivity contribution >= 4 is 16.2 Å². The molecule has 8 heteroatoms. The van der Waals surface area contributed by atoms with Crippen molar-refractivity contribution in [3.63, 3.8) is 0 Å². The molecule has 86 valence electrons. The summed E-state index contributed by atoms with van der Waals surface area (Å²) in [6.45, 7) is 1.06. The second-order valence-electron chi connectivity index (χ2n) is 2.82. The van der Waals surface area contributed by atoms with Crippen LogP contribution in [-0.4, -0.2) is 37.5 Å². The normalized spacial score (nSPS) is 17.9. The molecular formula is C7H9F3N2O2S. The quantitative estimate of drug-likeness (QED) is 0.728. The molecule has 4 nitrogen and oxygen atoms in total. The van der Waals surface area contributed by atoms with Gasteiger partial charge in [-0.3, -0.25) is 9.30 Å². The van der Waals surface area contributed by atoms with E-state index in [1.165, 1.54) is 6.92 Å². The maximum atomic E-state index is 12.2. The second-order valence-corrected chi connectivity index (χ2v) is 5.03. The Bertz CT molecular complexity index is 397. The van der Waals surface area contributed by atoms with Crippen LogP contribution in [0.1, 0.15) is 6.92 Å². The van der Waals surface area contributed by atoms with E-state index in [0.717, 1.165) is 0 Å². The number of nitrogens with zero attached hydrogens (tertiary/aromatic N) is 2. The van der Waals surface area contributed by atoms with Crippen molar-refractivity contribution < 1.29 is 21.6 Å². The summed E-state index contributed by atoms with van der Waals surface area (Å²) in [5.74, 6) is -0.260. The molecule has 0 N–H and O–H groups in total. The van der Waals surface area contributed by atoms with Crippen molar-refractivity contribution in [1.29, 1.82) is 0 Å². The van der Waals surface area contributed by atoms with Crippen LogP contribution in [0.5, 0.6) is 0 Å². The van der Waals surface area contributed by atoms with E-state index in [1.807, 2.05) is 0 Å². The number of sulfonamides is 1. The van der Waals surface area contributed by atoms with E-state index in [0.29, 0.717) is 16.7 Å². The highest BCUT2D eigenvalue weighted by molar-refractivity contribution is 7.89. The van der Waals surface area contributed by atoms with Crippen LogP contribution in [0.25, 0.3) is 0 Å². The average Bonchev–Trinajstić information content (AvgIpc) is 2.17. The molecule has 0 amide bonds. The molecule has 0 saturated heterocycles. The van der Waals surface area contributed by atoms with E-state index in [-0.39, 0.29) is 12.4 Å². The monoisotopic (exact) mass is 242 g/mol. The van der Waals surface area contributed by atoms with Crippen LogP contribution < -0.4 is 0 Å². The highest BCUT2D eigenvalue weighted by Crippen LogP contribution is 2.26. The topological polar surface area (TPSA) is 49.7 Å². The van der Waals surface area contributed by atoms with Gasteiger partial charge in [0.25, 0.3) is 0 Å². The van der Waals surface area contributed by atoms with E-state index in [9.17, 15) is 21.6 Å². The first-order chi connectivity index (χ1) is 6.77. The average molecular weight is 242 g/mol.